The monoisotopic (exact) mass is 376 g/mol. The van der Waals surface area contributed by atoms with Crippen molar-refractivity contribution < 1.29 is 17.6 Å². The van der Waals surface area contributed by atoms with Gasteiger partial charge in [-0.05, 0) is 48.7 Å². The Bertz CT molecular complexity index is 808. The van der Waals surface area contributed by atoms with Gasteiger partial charge in [0, 0.05) is 12.1 Å². The molecule has 2 aromatic rings. The van der Waals surface area contributed by atoms with E-state index in [1.54, 1.807) is 24.3 Å². The predicted molar refractivity (Wildman–Crippen MR) is 99.0 cm³/mol. The van der Waals surface area contributed by atoms with E-state index in [0.717, 1.165) is 6.42 Å². The van der Waals surface area contributed by atoms with Crippen LogP contribution in [-0.4, -0.2) is 14.3 Å². The molecule has 1 fully saturated rings. The Morgan fingerprint density at radius 3 is 2.50 bits per heavy atom. The van der Waals surface area contributed by atoms with Crippen molar-refractivity contribution in [1.29, 1.82) is 0 Å². The van der Waals surface area contributed by atoms with Crippen LogP contribution in [0.5, 0.6) is 0 Å². The fraction of sp³-hybridized carbons (Fsp3) is 0.421. The van der Waals surface area contributed by atoms with Crippen LogP contribution in [0.4, 0.5) is 5.69 Å². The van der Waals surface area contributed by atoms with Crippen molar-refractivity contribution in [3.8, 4) is 0 Å². The van der Waals surface area contributed by atoms with Gasteiger partial charge in [0.15, 0.2) is 0 Å². The van der Waals surface area contributed by atoms with Gasteiger partial charge in [-0.3, -0.25) is 4.79 Å². The van der Waals surface area contributed by atoms with Gasteiger partial charge in [-0.15, -0.1) is 0 Å². The van der Waals surface area contributed by atoms with Gasteiger partial charge in [-0.25, -0.2) is 13.1 Å². The number of hydrogen-bond donors (Lipinski definition) is 2. The summed E-state index contributed by atoms with van der Waals surface area (Å²) in [6, 6.07) is 9.58. The normalized spacial score (nSPS) is 15.2. The summed E-state index contributed by atoms with van der Waals surface area (Å²) in [5.41, 5.74) is 0.603. The quantitative estimate of drug-likeness (QED) is 0.736. The number of hydrogen-bond acceptors (Lipinski definition) is 4. The molecule has 1 saturated carbocycles. The van der Waals surface area contributed by atoms with Crippen LogP contribution in [0.3, 0.4) is 0 Å². The average molecular weight is 376 g/mol. The Kier molecular flexibility index (Phi) is 6.11. The standard InChI is InChI=1S/C19H24N2O4S/c22-19(12-7-15-4-1-2-5-15)21-16-8-10-18(11-9-16)26(23,24)20-14-17-6-3-13-25-17/h3,6,8-11,13,15,20H,1-2,4-5,7,12,14H2,(H,21,22). The molecule has 6 nitrogen and oxygen atoms in total. The summed E-state index contributed by atoms with van der Waals surface area (Å²) >= 11 is 0. The highest BCUT2D eigenvalue weighted by atomic mass is 32.2. The molecule has 0 aliphatic heterocycles. The Morgan fingerprint density at radius 1 is 1.12 bits per heavy atom. The fourth-order valence-corrected chi connectivity index (χ4v) is 4.23. The van der Waals surface area contributed by atoms with Crippen molar-refractivity contribution >= 4 is 21.6 Å². The van der Waals surface area contributed by atoms with Crippen molar-refractivity contribution in [2.45, 2.75) is 50.0 Å². The molecule has 26 heavy (non-hydrogen) atoms. The lowest BCUT2D eigenvalue weighted by molar-refractivity contribution is -0.116. The molecule has 1 amide bonds. The van der Waals surface area contributed by atoms with Gasteiger partial charge in [-0.2, -0.15) is 0 Å². The molecule has 0 bridgehead atoms. The molecule has 2 N–H and O–H groups in total. The number of carbonyl (C=O) groups excluding carboxylic acids is 1. The molecular formula is C19H24N2O4S. The molecule has 1 aromatic carbocycles. The topological polar surface area (TPSA) is 88.4 Å². The summed E-state index contributed by atoms with van der Waals surface area (Å²) in [6.07, 6.45) is 7.93. The predicted octanol–water partition coefficient (Wildman–Crippen LogP) is 3.67. The first-order valence-electron chi connectivity index (χ1n) is 8.95. The Balaban J connectivity index is 1.51. The number of sulfonamides is 1. The molecule has 7 heteroatoms. The zero-order valence-corrected chi connectivity index (χ0v) is 15.4. The first kappa shape index (κ1) is 18.7. The van der Waals surface area contributed by atoms with Crippen LogP contribution in [0.25, 0.3) is 0 Å². The smallest absolute Gasteiger partial charge is 0.240 e. The van der Waals surface area contributed by atoms with E-state index < -0.39 is 10.0 Å². The lowest BCUT2D eigenvalue weighted by atomic mass is 10.0. The SMILES string of the molecule is O=C(CCC1CCCC1)Nc1ccc(S(=O)(=O)NCc2ccco2)cc1. The largest absolute Gasteiger partial charge is 0.468 e. The lowest BCUT2D eigenvalue weighted by Gasteiger charge is -2.10. The maximum absolute atomic E-state index is 12.3. The van der Waals surface area contributed by atoms with Crippen LogP contribution in [0, 0.1) is 5.92 Å². The van der Waals surface area contributed by atoms with E-state index in [1.165, 1.54) is 44.1 Å². The fourth-order valence-electron chi connectivity index (χ4n) is 3.24. The highest BCUT2D eigenvalue weighted by Crippen LogP contribution is 2.28. The van der Waals surface area contributed by atoms with E-state index in [9.17, 15) is 13.2 Å². The number of benzene rings is 1. The van der Waals surface area contributed by atoms with Crippen LogP contribution >= 0.6 is 0 Å². The Morgan fingerprint density at radius 2 is 1.85 bits per heavy atom. The van der Waals surface area contributed by atoms with E-state index in [-0.39, 0.29) is 17.3 Å². The molecule has 1 heterocycles. The molecule has 0 atom stereocenters. The summed E-state index contributed by atoms with van der Waals surface area (Å²) in [6.45, 7) is 0.0922. The first-order valence-corrected chi connectivity index (χ1v) is 10.4. The summed E-state index contributed by atoms with van der Waals surface area (Å²) in [5, 5.41) is 2.83. The molecule has 1 aliphatic rings. The molecule has 0 spiro atoms. The maximum atomic E-state index is 12.3. The molecule has 1 aromatic heterocycles. The number of carbonyl (C=O) groups is 1. The molecule has 1 aliphatic carbocycles. The first-order chi connectivity index (χ1) is 12.5. The highest BCUT2D eigenvalue weighted by molar-refractivity contribution is 7.89. The second kappa shape index (κ2) is 8.51. The third-order valence-electron chi connectivity index (χ3n) is 4.72. The van der Waals surface area contributed by atoms with E-state index in [1.807, 2.05) is 0 Å². The van der Waals surface area contributed by atoms with Crippen molar-refractivity contribution in [2.75, 3.05) is 5.32 Å². The molecule has 3 rings (SSSR count). The maximum Gasteiger partial charge on any atom is 0.240 e. The second-order valence-corrected chi connectivity index (χ2v) is 8.43. The van der Waals surface area contributed by atoms with Crippen LogP contribution in [-0.2, 0) is 21.4 Å². The highest BCUT2D eigenvalue weighted by Gasteiger charge is 2.17. The third kappa shape index (κ3) is 5.19. The molecular weight excluding hydrogens is 352 g/mol. The van der Waals surface area contributed by atoms with Crippen molar-refractivity contribution in [1.82, 2.24) is 4.72 Å². The van der Waals surface area contributed by atoms with Gasteiger partial charge in [0.2, 0.25) is 15.9 Å². The lowest BCUT2D eigenvalue weighted by Crippen LogP contribution is -2.23. The van der Waals surface area contributed by atoms with Crippen molar-refractivity contribution in [3.63, 3.8) is 0 Å². The van der Waals surface area contributed by atoms with E-state index >= 15 is 0 Å². The molecule has 0 saturated heterocycles. The number of anilines is 1. The van der Waals surface area contributed by atoms with Crippen LogP contribution in [0.15, 0.2) is 52.0 Å². The summed E-state index contributed by atoms with van der Waals surface area (Å²) in [7, 11) is -3.63. The molecule has 140 valence electrons. The minimum Gasteiger partial charge on any atom is -0.468 e. The van der Waals surface area contributed by atoms with Crippen molar-refractivity contribution in [3.05, 3.63) is 48.4 Å². The van der Waals surface area contributed by atoms with Gasteiger partial charge < -0.3 is 9.73 Å². The van der Waals surface area contributed by atoms with Crippen molar-refractivity contribution in [2.24, 2.45) is 5.92 Å². The van der Waals surface area contributed by atoms with E-state index in [4.69, 9.17) is 4.42 Å². The minimum absolute atomic E-state index is 0.0246. The van der Waals surface area contributed by atoms with Gasteiger partial charge in [0.25, 0.3) is 0 Å². The number of nitrogens with one attached hydrogen (secondary N) is 2. The number of furan rings is 1. The zero-order valence-electron chi connectivity index (χ0n) is 14.6. The minimum atomic E-state index is -3.63. The Labute approximate surface area is 154 Å². The second-order valence-electron chi connectivity index (χ2n) is 6.67. The van der Waals surface area contributed by atoms with Gasteiger partial charge in [0.1, 0.15) is 5.76 Å². The van der Waals surface area contributed by atoms with Gasteiger partial charge >= 0.3 is 0 Å². The van der Waals surface area contributed by atoms with E-state index in [2.05, 4.69) is 10.0 Å². The molecule has 0 radical (unpaired) electrons. The number of rotatable bonds is 8. The van der Waals surface area contributed by atoms with Gasteiger partial charge in [-0.1, -0.05) is 25.7 Å². The average Bonchev–Trinajstić information content (AvgIpc) is 3.32. The summed E-state index contributed by atoms with van der Waals surface area (Å²) in [5.74, 6) is 1.19. The van der Waals surface area contributed by atoms with Crippen LogP contribution < -0.4 is 10.0 Å². The molecule has 0 unspecified atom stereocenters. The third-order valence-corrected chi connectivity index (χ3v) is 6.14. The van der Waals surface area contributed by atoms with Gasteiger partial charge in [0.05, 0.1) is 17.7 Å². The van der Waals surface area contributed by atoms with E-state index in [0.29, 0.717) is 23.8 Å². The number of amides is 1. The summed E-state index contributed by atoms with van der Waals surface area (Å²) < 4.78 is 32.1. The zero-order chi connectivity index (χ0) is 18.4. The van der Waals surface area contributed by atoms with Crippen LogP contribution in [0.1, 0.15) is 44.3 Å². The Hall–Kier alpha value is -2.12. The van der Waals surface area contributed by atoms with Crippen LogP contribution in [0.2, 0.25) is 0 Å². The summed E-state index contributed by atoms with van der Waals surface area (Å²) in [4.78, 5) is 12.2.